The Morgan fingerprint density at radius 1 is 1.10 bits per heavy atom. The van der Waals surface area contributed by atoms with Crippen molar-refractivity contribution >= 4 is 62.2 Å². The second kappa shape index (κ2) is 5.11. The monoisotopic (exact) mass is 389 g/mol. The van der Waals surface area contributed by atoms with E-state index in [1.54, 1.807) is 28.8 Å². The summed E-state index contributed by atoms with van der Waals surface area (Å²) in [4.78, 5) is 4.48. The molecule has 0 aliphatic carbocycles. The van der Waals surface area contributed by atoms with Crippen LogP contribution in [0.2, 0.25) is 15.1 Å². The van der Waals surface area contributed by atoms with Crippen molar-refractivity contribution in [2.45, 2.75) is 0 Å². The second-order valence-corrected chi connectivity index (χ2v) is 6.30. The summed E-state index contributed by atoms with van der Waals surface area (Å²) >= 11 is 21.6. The lowest BCUT2D eigenvalue weighted by Gasteiger charge is -2.03. The van der Waals surface area contributed by atoms with Gasteiger partial charge in [-0.1, -0.05) is 50.7 Å². The fourth-order valence-electron chi connectivity index (χ4n) is 1.97. The van der Waals surface area contributed by atoms with Crippen LogP contribution in [0.25, 0.3) is 16.9 Å². The van der Waals surface area contributed by atoms with Crippen molar-refractivity contribution < 1.29 is 0 Å². The number of hydrogen-bond donors (Lipinski definition) is 1. The number of hydrogen-bond acceptors (Lipinski definition) is 2. The quantitative estimate of drug-likeness (QED) is 0.611. The minimum absolute atomic E-state index is 0.439. The highest BCUT2D eigenvalue weighted by Gasteiger charge is 2.16. The molecule has 0 saturated carbocycles. The number of nitrogen functional groups attached to an aromatic ring is 1. The lowest BCUT2D eigenvalue weighted by atomic mass is 10.1. The lowest BCUT2D eigenvalue weighted by molar-refractivity contribution is 1.20. The van der Waals surface area contributed by atoms with E-state index in [0.717, 1.165) is 10.0 Å². The molecule has 0 aliphatic heterocycles. The number of benzene rings is 1. The van der Waals surface area contributed by atoms with Crippen molar-refractivity contribution in [2.75, 3.05) is 5.73 Å². The molecule has 2 N–H and O–H groups in total. The van der Waals surface area contributed by atoms with Crippen molar-refractivity contribution in [3.8, 4) is 11.3 Å². The van der Waals surface area contributed by atoms with Crippen LogP contribution in [0.3, 0.4) is 0 Å². The van der Waals surface area contributed by atoms with Gasteiger partial charge in [-0.05, 0) is 24.3 Å². The van der Waals surface area contributed by atoms with Gasteiger partial charge in [0.05, 0.1) is 10.0 Å². The third kappa shape index (κ3) is 2.27. The van der Waals surface area contributed by atoms with Crippen molar-refractivity contribution in [3.05, 3.63) is 50.0 Å². The van der Waals surface area contributed by atoms with E-state index in [4.69, 9.17) is 40.5 Å². The maximum absolute atomic E-state index is 6.15. The molecule has 3 rings (SSSR count). The normalized spacial score (nSPS) is 11.2. The number of halogens is 4. The van der Waals surface area contributed by atoms with E-state index in [0.29, 0.717) is 32.2 Å². The highest BCUT2D eigenvalue weighted by molar-refractivity contribution is 9.10. The van der Waals surface area contributed by atoms with E-state index in [2.05, 4.69) is 20.9 Å². The zero-order chi connectivity index (χ0) is 14.4. The van der Waals surface area contributed by atoms with E-state index >= 15 is 0 Å². The maximum atomic E-state index is 6.15. The fraction of sp³-hybridized carbons (Fsp3) is 0. The summed E-state index contributed by atoms with van der Waals surface area (Å²) < 4.78 is 2.51. The van der Waals surface area contributed by atoms with E-state index in [-0.39, 0.29) is 0 Å². The van der Waals surface area contributed by atoms with Crippen LogP contribution in [0, 0.1) is 0 Å². The average molecular weight is 391 g/mol. The smallest absolute Gasteiger partial charge is 0.158 e. The number of fused-ring (bicyclic) bond motifs is 1. The number of anilines is 1. The average Bonchev–Trinajstić information content (AvgIpc) is 2.71. The Kier molecular flexibility index (Phi) is 3.58. The van der Waals surface area contributed by atoms with Gasteiger partial charge in [0.2, 0.25) is 0 Å². The lowest BCUT2D eigenvalue weighted by Crippen LogP contribution is -1.94. The minimum atomic E-state index is 0.439. The molecule has 0 atom stereocenters. The summed E-state index contributed by atoms with van der Waals surface area (Å²) in [5.74, 6) is 0.451. The van der Waals surface area contributed by atoms with Crippen LogP contribution in [0.5, 0.6) is 0 Å². The molecule has 0 aliphatic rings. The third-order valence-electron chi connectivity index (χ3n) is 2.86. The molecule has 7 heteroatoms. The third-order valence-corrected chi connectivity index (χ3v) is 4.27. The number of rotatable bonds is 1. The molecule has 0 saturated heterocycles. The largest absolute Gasteiger partial charge is 0.383 e. The van der Waals surface area contributed by atoms with E-state index in [1.165, 1.54) is 0 Å². The zero-order valence-electron chi connectivity index (χ0n) is 9.87. The van der Waals surface area contributed by atoms with Gasteiger partial charge in [-0.3, -0.25) is 4.40 Å². The molecule has 2 heterocycles. The van der Waals surface area contributed by atoms with Crippen LogP contribution in [0.15, 0.2) is 34.9 Å². The van der Waals surface area contributed by atoms with E-state index in [1.807, 2.05) is 6.07 Å². The van der Waals surface area contributed by atoms with Gasteiger partial charge in [-0.15, -0.1) is 0 Å². The van der Waals surface area contributed by atoms with Crippen molar-refractivity contribution in [1.82, 2.24) is 9.38 Å². The molecule has 3 nitrogen and oxygen atoms in total. The van der Waals surface area contributed by atoms with Gasteiger partial charge in [0, 0.05) is 21.3 Å². The molecule has 0 radical (unpaired) electrons. The molecule has 102 valence electrons. The Hall–Kier alpha value is -0.940. The molecular formula is C13H7BrCl3N3. The Morgan fingerprint density at radius 3 is 2.60 bits per heavy atom. The van der Waals surface area contributed by atoms with Crippen LogP contribution in [0.4, 0.5) is 5.82 Å². The Morgan fingerprint density at radius 2 is 1.85 bits per heavy atom. The van der Waals surface area contributed by atoms with Crippen molar-refractivity contribution in [3.63, 3.8) is 0 Å². The molecule has 3 aromatic rings. The topological polar surface area (TPSA) is 43.3 Å². The molecule has 0 spiro atoms. The first kappa shape index (κ1) is 14.0. The van der Waals surface area contributed by atoms with Crippen LogP contribution in [-0.4, -0.2) is 9.38 Å². The Bertz CT molecular complexity index is 829. The summed E-state index contributed by atoms with van der Waals surface area (Å²) in [5, 5.41) is 1.53. The summed E-state index contributed by atoms with van der Waals surface area (Å²) in [6.45, 7) is 0. The Labute approximate surface area is 138 Å². The fourth-order valence-corrected chi connectivity index (χ4v) is 3.09. The molecule has 0 fully saturated rings. The SMILES string of the molecule is Nc1c(-c2cc(Cl)ccc2Br)nc2c(Cl)cc(Cl)cn12. The number of pyridine rings is 1. The number of nitrogens with zero attached hydrogens (tertiary/aromatic N) is 2. The summed E-state index contributed by atoms with van der Waals surface area (Å²) in [5.41, 5.74) is 8.10. The standard InChI is InChI=1S/C13H7BrCl3N3/c14-9-2-1-6(15)3-8(9)11-12(18)20-5-7(16)4-10(17)13(20)19-11/h1-5H,18H2. The van der Waals surface area contributed by atoms with Crippen LogP contribution < -0.4 is 5.73 Å². The second-order valence-electron chi connectivity index (χ2n) is 4.17. The first-order valence-electron chi connectivity index (χ1n) is 5.55. The highest BCUT2D eigenvalue weighted by Crippen LogP contribution is 2.36. The predicted molar refractivity (Wildman–Crippen MR) is 87.8 cm³/mol. The van der Waals surface area contributed by atoms with Gasteiger partial charge < -0.3 is 5.73 Å². The van der Waals surface area contributed by atoms with Crippen LogP contribution >= 0.6 is 50.7 Å². The molecule has 1 aromatic carbocycles. The van der Waals surface area contributed by atoms with Crippen molar-refractivity contribution in [2.24, 2.45) is 0 Å². The number of aromatic nitrogens is 2. The number of nitrogens with two attached hydrogens (primary N) is 1. The van der Waals surface area contributed by atoms with Gasteiger partial charge in [0.25, 0.3) is 0 Å². The molecule has 0 unspecified atom stereocenters. The first-order valence-corrected chi connectivity index (χ1v) is 7.48. The van der Waals surface area contributed by atoms with Gasteiger partial charge in [-0.25, -0.2) is 4.98 Å². The number of imidazole rings is 1. The van der Waals surface area contributed by atoms with Crippen molar-refractivity contribution in [1.29, 1.82) is 0 Å². The Balaban J connectivity index is 2.35. The summed E-state index contributed by atoms with van der Waals surface area (Å²) in [7, 11) is 0. The molecular weight excluding hydrogens is 384 g/mol. The van der Waals surface area contributed by atoms with Gasteiger partial charge in [0.1, 0.15) is 11.5 Å². The first-order chi connectivity index (χ1) is 9.47. The molecule has 0 amide bonds. The molecule has 2 aromatic heterocycles. The zero-order valence-corrected chi connectivity index (χ0v) is 13.7. The predicted octanol–water partition coefficient (Wildman–Crippen LogP) is 5.31. The summed E-state index contributed by atoms with van der Waals surface area (Å²) in [6.07, 6.45) is 1.67. The van der Waals surface area contributed by atoms with Gasteiger partial charge in [0.15, 0.2) is 5.65 Å². The highest BCUT2D eigenvalue weighted by atomic mass is 79.9. The summed E-state index contributed by atoms with van der Waals surface area (Å²) in [6, 6.07) is 7.04. The molecule has 0 bridgehead atoms. The van der Waals surface area contributed by atoms with Crippen LogP contribution in [-0.2, 0) is 0 Å². The van der Waals surface area contributed by atoms with E-state index < -0.39 is 0 Å². The van der Waals surface area contributed by atoms with Gasteiger partial charge >= 0.3 is 0 Å². The van der Waals surface area contributed by atoms with E-state index in [9.17, 15) is 0 Å². The van der Waals surface area contributed by atoms with Gasteiger partial charge in [-0.2, -0.15) is 0 Å². The maximum Gasteiger partial charge on any atom is 0.158 e. The van der Waals surface area contributed by atoms with Crippen LogP contribution in [0.1, 0.15) is 0 Å². The molecule has 20 heavy (non-hydrogen) atoms. The minimum Gasteiger partial charge on any atom is -0.383 e.